The van der Waals surface area contributed by atoms with Gasteiger partial charge in [0.15, 0.2) is 22.9 Å². The summed E-state index contributed by atoms with van der Waals surface area (Å²) in [4.78, 5) is 58.3. The van der Waals surface area contributed by atoms with Crippen molar-refractivity contribution in [3.63, 3.8) is 0 Å². The number of para-hydroxylation sites is 3. The monoisotopic (exact) mass is 1360 g/mol. The van der Waals surface area contributed by atoms with E-state index in [0.29, 0.717) is 47.4 Å². The molecule has 476 valence electrons. The zero-order valence-electron chi connectivity index (χ0n) is 51.4. The van der Waals surface area contributed by atoms with E-state index in [4.69, 9.17) is 30.4 Å². The van der Waals surface area contributed by atoms with Crippen LogP contribution in [0.3, 0.4) is 0 Å². The van der Waals surface area contributed by atoms with Crippen molar-refractivity contribution in [1.29, 1.82) is 0 Å². The maximum Gasteiger partial charge on any atom is 1.00 e. The van der Waals surface area contributed by atoms with Gasteiger partial charge in [0.2, 0.25) is 0 Å². The summed E-state index contributed by atoms with van der Waals surface area (Å²) in [5.41, 5.74) is 24.2. The smallest absolute Gasteiger partial charge is 1.00 e. The predicted molar refractivity (Wildman–Crippen MR) is 337 cm³/mol. The molecule has 2 aliphatic rings. The first-order valence-corrected chi connectivity index (χ1v) is 27.6. The molecule has 6 N–H and O–H groups in total. The Balaban J connectivity index is 0.000000389. The Labute approximate surface area is 561 Å². The maximum absolute atomic E-state index is 12.7. The van der Waals surface area contributed by atoms with Crippen molar-refractivity contribution in [2.24, 2.45) is 5.11 Å². The van der Waals surface area contributed by atoms with Crippen LogP contribution in [0.1, 0.15) is 126 Å². The molecule has 2 atom stereocenters. The van der Waals surface area contributed by atoms with Gasteiger partial charge in [-0.2, -0.15) is 0 Å². The molecule has 0 fully saturated rings. The molecule has 92 heavy (non-hydrogen) atoms. The molecular formula is C62H70B2ILiN13O13-. The number of aromatic carboxylic acids is 1. The first kappa shape index (κ1) is 79.0. The molecule has 3 aromatic heterocycles. The van der Waals surface area contributed by atoms with E-state index in [1.54, 1.807) is 55.3 Å². The molecule has 0 amide bonds. The normalized spacial score (nSPS) is 12.5. The van der Waals surface area contributed by atoms with E-state index < -0.39 is 32.1 Å². The van der Waals surface area contributed by atoms with Gasteiger partial charge in [0.25, 0.3) is 0 Å². The van der Waals surface area contributed by atoms with Crippen molar-refractivity contribution >= 4 is 66.0 Å². The second-order valence-electron chi connectivity index (χ2n) is 19.3. The summed E-state index contributed by atoms with van der Waals surface area (Å²) in [5.74, 6) is -2.20. The molecular weight excluding hydrogens is 1290 g/mol. The Bertz CT molecular complexity index is 3870. The number of anilines is 1. The van der Waals surface area contributed by atoms with Gasteiger partial charge in [-0.25, -0.2) is 23.6 Å². The summed E-state index contributed by atoms with van der Waals surface area (Å²) in [6.07, 6.45) is -0.0790. The second-order valence-corrected chi connectivity index (χ2v) is 19.3. The number of aromatic nitrogens is 9. The Morgan fingerprint density at radius 1 is 0.630 bits per heavy atom. The number of Topliss-reactive ketones (excluding diaryl/α,β-unsaturated/α-hetero) is 2. The van der Waals surface area contributed by atoms with Crippen LogP contribution in [0, 0.1) is 20.8 Å². The number of nitrogens with zero attached hydrogens (tertiary/aromatic N) is 12. The third-order valence-corrected chi connectivity index (χ3v) is 12.9. The standard InChI is InChI=1S/C19H18BN3O3.C12H13N3O2.C10H9N3O2.C8H10BNO2.C6H5N3.C6H10O3.CH4.HI.Li.H2O/c1-12-19(21-22-23(12)15-6-4-3-5-7-15)18(24)11-14-8-9-16-13(2)26-20(25)17(16)10-14;1-3-17-12(16)11-9(2)15(14-13-11)10-7-5-4-6-8-10;1-7-9(10(14)15)11-12-13(7)8-5-3-2-4-6-8;1-5-7-3-2-6(10)4-8(7)9(11)12-5;7-9-8-6-4-2-1-3-5-6;1-3-9-6(8)4-5(2)7;;;;/h3-10,13,25H,11H2,1-2H3;4-8H,3H2,1-2H3;2-6H,1H3,(H,14,15);2-5,11H,10H2,1H3;1-5H;3-4H2,1-2H3;1H4;1H;;1H2/q;;;;;;;;+1;/p-2. The molecule has 0 bridgehead atoms. The third-order valence-electron chi connectivity index (χ3n) is 12.9. The number of carbonyl (C=O) groups excluding carboxylic acids is 4. The Hall–Kier alpha value is -9.14. The molecule has 2 unspecified atom stereocenters. The van der Waals surface area contributed by atoms with Crippen LogP contribution in [0.15, 0.2) is 163 Å². The summed E-state index contributed by atoms with van der Waals surface area (Å²) in [6.45, 7) is 14.6. The Morgan fingerprint density at radius 2 is 1.03 bits per heavy atom. The summed E-state index contributed by atoms with van der Waals surface area (Å²) in [6, 6.07) is 48.5. The first-order valence-electron chi connectivity index (χ1n) is 27.6. The molecule has 0 saturated carbocycles. The van der Waals surface area contributed by atoms with Crippen molar-refractivity contribution in [2.75, 3.05) is 18.9 Å². The van der Waals surface area contributed by atoms with Crippen LogP contribution in [-0.4, -0.2) is 123 Å². The number of benzene rings is 6. The van der Waals surface area contributed by atoms with E-state index >= 15 is 0 Å². The summed E-state index contributed by atoms with van der Waals surface area (Å²) in [7, 11) is -1.74. The van der Waals surface area contributed by atoms with Gasteiger partial charge in [0.1, 0.15) is 12.2 Å². The molecule has 2 aliphatic heterocycles. The number of nitrogens with two attached hydrogens (primary N) is 1. The number of fused-ring (bicyclic) bond motifs is 2. The van der Waals surface area contributed by atoms with Crippen LogP contribution in [0.2, 0.25) is 0 Å². The molecule has 9 aromatic rings. The fourth-order valence-electron chi connectivity index (χ4n) is 8.68. The van der Waals surface area contributed by atoms with Gasteiger partial charge in [-0.05, 0) is 137 Å². The number of ketones is 2. The Kier molecular flexibility index (Phi) is 33.6. The molecule has 26 nitrogen and oxygen atoms in total. The molecule has 0 saturated heterocycles. The number of ether oxygens (including phenoxy) is 2. The second kappa shape index (κ2) is 39.2. The van der Waals surface area contributed by atoms with E-state index in [-0.39, 0.29) is 104 Å². The van der Waals surface area contributed by atoms with Crippen molar-refractivity contribution in [2.45, 2.75) is 87.9 Å². The molecule has 0 aliphatic carbocycles. The number of carboxylic acids is 1. The zero-order chi connectivity index (χ0) is 63.9. The van der Waals surface area contributed by atoms with Crippen LogP contribution in [0.5, 0.6) is 0 Å². The summed E-state index contributed by atoms with van der Waals surface area (Å²) in [5, 5.41) is 55.0. The topological polar surface area (TPSA) is 380 Å². The molecule has 6 aromatic carbocycles. The molecule has 11 rings (SSSR count). The minimum Gasteiger partial charge on any atom is -1.00 e. The summed E-state index contributed by atoms with van der Waals surface area (Å²) < 4.78 is 24.8. The average Bonchev–Trinajstić information content (AvgIpc) is 1.78. The van der Waals surface area contributed by atoms with Gasteiger partial charge in [0.05, 0.1) is 59.6 Å². The average molecular weight is 1360 g/mol. The van der Waals surface area contributed by atoms with Crippen LogP contribution in [0.4, 0.5) is 11.4 Å². The fourth-order valence-corrected chi connectivity index (χ4v) is 8.68. The van der Waals surface area contributed by atoms with Crippen molar-refractivity contribution in [3.8, 4) is 17.1 Å². The van der Waals surface area contributed by atoms with Gasteiger partial charge in [-0.1, -0.05) is 137 Å². The predicted octanol–water partition coefficient (Wildman–Crippen LogP) is 2.48. The Morgan fingerprint density at radius 3 is 1.46 bits per heavy atom. The quantitative estimate of drug-likeness (QED) is 0.0148. The number of hydrogen-bond acceptors (Lipinski definition) is 20. The molecule has 30 heteroatoms. The SMILES string of the molecule is C.CC1OB(O)c2cc(N)ccc21.CCOC(=O)CC(C)=O.CCOC(=O)c1nnn(-c2ccccc2)c1C.Cc1c(C(=O)Cc2ccc3c(c2)B(O)OC3C)nnn1-c1ccccc1.Cc1c(C(=O)O)nnn1-c1ccccc1.[I-].[Li+].[N-]=[N+]=Nc1ccccc1.[OH-]. The number of carboxylic acid groups (broad SMARTS) is 1. The zero-order valence-corrected chi connectivity index (χ0v) is 53.6. The van der Waals surface area contributed by atoms with Gasteiger partial charge < -0.3 is 69.1 Å². The number of esters is 2. The van der Waals surface area contributed by atoms with Crippen LogP contribution >= 0.6 is 0 Å². The van der Waals surface area contributed by atoms with Crippen molar-refractivity contribution in [1.82, 2.24) is 45.0 Å². The molecule has 0 spiro atoms. The van der Waals surface area contributed by atoms with Crippen molar-refractivity contribution < 1.29 is 106 Å². The minimum absolute atomic E-state index is 0. The number of hydrogen-bond donors (Lipinski definition) is 4. The van der Waals surface area contributed by atoms with Gasteiger partial charge in [0, 0.05) is 22.7 Å². The number of carbonyl (C=O) groups is 5. The van der Waals surface area contributed by atoms with Crippen molar-refractivity contribution in [3.05, 3.63) is 219 Å². The number of nitrogen functional groups attached to an aromatic ring is 1. The largest absolute Gasteiger partial charge is 1.00 e. The van der Waals surface area contributed by atoms with Crippen LogP contribution in [-0.2, 0) is 34.8 Å². The first-order chi connectivity index (χ1) is 42.3. The van der Waals surface area contributed by atoms with E-state index in [1.165, 1.54) is 11.6 Å². The van der Waals surface area contributed by atoms with Gasteiger partial charge in [-0.15, -0.1) is 15.3 Å². The minimum atomic E-state index is -1.06. The molecule has 5 heterocycles. The van der Waals surface area contributed by atoms with E-state index in [2.05, 4.69) is 45.7 Å². The molecule has 0 radical (unpaired) electrons. The fraction of sp³-hybridized carbons (Fsp3) is 0.242. The van der Waals surface area contributed by atoms with E-state index in [0.717, 1.165) is 44.7 Å². The van der Waals surface area contributed by atoms with Crippen LogP contribution in [0.25, 0.3) is 27.5 Å². The summed E-state index contributed by atoms with van der Waals surface area (Å²) >= 11 is 0. The number of rotatable bonds is 13. The van der Waals surface area contributed by atoms with Gasteiger partial charge >= 0.3 is 51.0 Å². The van der Waals surface area contributed by atoms with Gasteiger partial charge in [-0.3, -0.25) is 14.4 Å². The maximum atomic E-state index is 12.7. The van der Waals surface area contributed by atoms with E-state index in [1.807, 2.05) is 160 Å². The number of azide groups is 1. The van der Waals surface area contributed by atoms with E-state index in [9.17, 15) is 34.0 Å². The third kappa shape index (κ3) is 22.1. The number of halogens is 1. The van der Waals surface area contributed by atoms with Crippen LogP contribution < -0.4 is 59.5 Å².